The van der Waals surface area contributed by atoms with Crippen molar-refractivity contribution in [1.82, 2.24) is 9.55 Å². The highest BCUT2D eigenvalue weighted by molar-refractivity contribution is 5.80. The molecule has 0 unspecified atom stereocenters. The third kappa shape index (κ3) is 1.82. The Labute approximate surface area is 112 Å². The molecule has 4 heteroatoms. The van der Waals surface area contributed by atoms with E-state index in [9.17, 15) is 5.11 Å². The predicted octanol–water partition coefficient (Wildman–Crippen LogP) is 2.27. The number of aromatic nitrogens is 2. The lowest BCUT2D eigenvalue weighted by atomic mass is 10.1. The van der Waals surface area contributed by atoms with E-state index in [4.69, 9.17) is 10.7 Å². The Balaban J connectivity index is 1.83. The van der Waals surface area contributed by atoms with Crippen LogP contribution in [0, 0.1) is 5.41 Å². The molecule has 2 saturated carbocycles. The molecule has 2 aliphatic carbocycles. The molecule has 2 fully saturated rings. The molecule has 0 spiro atoms. The van der Waals surface area contributed by atoms with Crippen LogP contribution in [0.5, 0.6) is 0 Å². The fraction of sp³-hybridized carbons (Fsp3) is 0.533. The van der Waals surface area contributed by atoms with Crippen LogP contribution in [0.3, 0.4) is 0 Å². The van der Waals surface area contributed by atoms with Gasteiger partial charge in [0.25, 0.3) is 0 Å². The van der Waals surface area contributed by atoms with Crippen molar-refractivity contribution in [2.75, 3.05) is 12.3 Å². The van der Waals surface area contributed by atoms with E-state index in [0.29, 0.717) is 5.92 Å². The quantitative estimate of drug-likeness (QED) is 0.826. The van der Waals surface area contributed by atoms with Crippen molar-refractivity contribution in [3.8, 4) is 0 Å². The Hall–Kier alpha value is -1.55. The molecule has 0 saturated heterocycles. The minimum Gasteiger partial charge on any atom is -0.399 e. The van der Waals surface area contributed by atoms with Crippen molar-refractivity contribution in [3.63, 3.8) is 0 Å². The van der Waals surface area contributed by atoms with Crippen molar-refractivity contribution in [2.24, 2.45) is 5.41 Å². The molecule has 0 radical (unpaired) electrons. The molecular formula is C15H19N3O. The maximum Gasteiger partial charge on any atom is 0.113 e. The lowest BCUT2D eigenvalue weighted by Gasteiger charge is -2.15. The second-order valence-corrected chi connectivity index (χ2v) is 6.24. The number of imidazole rings is 1. The van der Waals surface area contributed by atoms with Gasteiger partial charge >= 0.3 is 0 Å². The normalized spacial score (nSPS) is 20.9. The summed E-state index contributed by atoms with van der Waals surface area (Å²) >= 11 is 0. The van der Waals surface area contributed by atoms with E-state index in [0.717, 1.165) is 36.1 Å². The number of anilines is 1. The van der Waals surface area contributed by atoms with Crippen molar-refractivity contribution in [1.29, 1.82) is 0 Å². The number of hydrogen-bond donors (Lipinski definition) is 2. The lowest BCUT2D eigenvalue weighted by Crippen LogP contribution is -2.17. The van der Waals surface area contributed by atoms with E-state index < -0.39 is 0 Å². The third-order valence-electron chi connectivity index (χ3n) is 4.53. The van der Waals surface area contributed by atoms with Crippen molar-refractivity contribution in [2.45, 2.75) is 38.1 Å². The van der Waals surface area contributed by atoms with Gasteiger partial charge in [-0.05, 0) is 43.9 Å². The van der Waals surface area contributed by atoms with Gasteiger partial charge in [0.05, 0.1) is 17.6 Å². The zero-order valence-electron chi connectivity index (χ0n) is 11.0. The largest absolute Gasteiger partial charge is 0.399 e. The number of benzene rings is 1. The van der Waals surface area contributed by atoms with Gasteiger partial charge in [0, 0.05) is 23.6 Å². The fourth-order valence-corrected chi connectivity index (χ4v) is 2.86. The van der Waals surface area contributed by atoms with Gasteiger partial charge in [0.15, 0.2) is 0 Å². The summed E-state index contributed by atoms with van der Waals surface area (Å²) in [7, 11) is 0. The molecule has 100 valence electrons. The van der Waals surface area contributed by atoms with Crippen molar-refractivity contribution < 1.29 is 5.11 Å². The highest BCUT2D eigenvalue weighted by Crippen LogP contribution is 2.49. The summed E-state index contributed by atoms with van der Waals surface area (Å²) in [6.07, 6.45) is 4.74. The molecule has 2 aromatic rings. The Kier molecular flexibility index (Phi) is 2.22. The van der Waals surface area contributed by atoms with Crippen LogP contribution in [0.1, 0.15) is 37.4 Å². The second-order valence-electron chi connectivity index (χ2n) is 6.24. The molecule has 2 aliphatic rings. The number of rotatable bonds is 4. The number of aliphatic hydroxyl groups is 1. The van der Waals surface area contributed by atoms with Crippen LogP contribution in [0.15, 0.2) is 18.2 Å². The van der Waals surface area contributed by atoms with Crippen LogP contribution >= 0.6 is 0 Å². The maximum atomic E-state index is 9.56. The van der Waals surface area contributed by atoms with Gasteiger partial charge in [-0.3, -0.25) is 0 Å². The molecule has 4 rings (SSSR count). The van der Waals surface area contributed by atoms with E-state index in [2.05, 4.69) is 10.6 Å². The summed E-state index contributed by atoms with van der Waals surface area (Å²) in [4.78, 5) is 4.78. The SMILES string of the molecule is Nc1ccc2c(c1)nc(C1CC1)n2CC1(CO)CC1. The van der Waals surface area contributed by atoms with Gasteiger partial charge in [-0.1, -0.05) is 0 Å². The maximum absolute atomic E-state index is 9.56. The smallest absolute Gasteiger partial charge is 0.113 e. The van der Waals surface area contributed by atoms with Crippen LogP contribution in [-0.4, -0.2) is 21.3 Å². The Bertz CT molecular complexity index is 638. The first-order valence-electron chi connectivity index (χ1n) is 7.07. The standard InChI is InChI=1S/C15H19N3O/c16-11-3-4-13-12(7-11)17-14(10-1-2-10)18(13)8-15(9-19)5-6-15/h3-4,7,10,19H,1-2,5-6,8-9,16H2. The lowest BCUT2D eigenvalue weighted by molar-refractivity contribution is 0.195. The molecule has 19 heavy (non-hydrogen) atoms. The highest BCUT2D eigenvalue weighted by atomic mass is 16.3. The Morgan fingerprint density at radius 2 is 2.16 bits per heavy atom. The number of nitrogens with zero attached hydrogens (tertiary/aromatic N) is 2. The number of nitrogen functional groups attached to an aromatic ring is 1. The summed E-state index contributed by atoms with van der Waals surface area (Å²) in [5.41, 5.74) is 8.89. The predicted molar refractivity (Wildman–Crippen MR) is 74.9 cm³/mol. The fourth-order valence-electron chi connectivity index (χ4n) is 2.86. The topological polar surface area (TPSA) is 64.1 Å². The van der Waals surface area contributed by atoms with E-state index in [-0.39, 0.29) is 12.0 Å². The number of hydrogen-bond acceptors (Lipinski definition) is 3. The summed E-state index contributed by atoms with van der Waals surface area (Å²) in [6.45, 7) is 1.18. The summed E-state index contributed by atoms with van der Waals surface area (Å²) in [5, 5.41) is 9.56. The highest BCUT2D eigenvalue weighted by Gasteiger charge is 2.43. The first-order valence-corrected chi connectivity index (χ1v) is 7.07. The monoisotopic (exact) mass is 257 g/mol. The van der Waals surface area contributed by atoms with Crippen LogP contribution in [-0.2, 0) is 6.54 Å². The molecule has 0 bridgehead atoms. The van der Waals surface area contributed by atoms with Gasteiger partial charge in [0.1, 0.15) is 5.82 Å². The molecule has 0 amide bonds. The second kappa shape index (κ2) is 3.73. The van der Waals surface area contributed by atoms with Gasteiger partial charge in [-0.25, -0.2) is 4.98 Å². The van der Waals surface area contributed by atoms with Crippen molar-refractivity contribution >= 4 is 16.7 Å². The first-order chi connectivity index (χ1) is 9.21. The third-order valence-corrected chi connectivity index (χ3v) is 4.53. The average Bonchev–Trinajstić information content (AvgIpc) is 3.30. The Morgan fingerprint density at radius 3 is 2.79 bits per heavy atom. The van der Waals surface area contributed by atoms with E-state index >= 15 is 0 Å². The van der Waals surface area contributed by atoms with E-state index in [1.54, 1.807) is 0 Å². The first kappa shape index (κ1) is 11.3. The van der Waals surface area contributed by atoms with Crippen LogP contribution in [0.2, 0.25) is 0 Å². The number of nitrogens with two attached hydrogens (primary N) is 1. The molecule has 1 heterocycles. The summed E-state index contributed by atoms with van der Waals surface area (Å²) in [5.74, 6) is 1.81. The zero-order valence-corrected chi connectivity index (χ0v) is 11.0. The zero-order chi connectivity index (χ0) is 13.0. The molecule has 1 aromatic heterocycles. The molecule has 0 atom stereocenters. The van der Waals surface area contributed by atoms with E-state index in [1.165, 1.54) is 18.7 Å². The molecular weight excluding hydrogens is 238 g/mol. The van der Waals surface area contributed by atoms with Gasteiger partial charge < -0.3 is 15.4 Å². The number of fused-ring (bicyclic) bond motifs is 1. The minimum absolute atomic E-state index is 0.110. The molecule has 4 nitrogen and oxygen atoms in total. The van der Waals surface area contributed by atoms with Crippen LogP contribution in [0.25, 0.3) is 11.0 Å². The number of aliphatic hydroxyl groups excluding tert-OH is 1. The van der Waals surface area contributed by atoms with Gasteiger partial charge in [-0.2, -0.15) is 0 Å². The van der Waals surface area contributed by atoms with Gasteiger partial charge in [0.2, 0.25) is 0 Å². The average molecular weight is 257 g/mol. The van der Waals surface area contributed by atoms with Crippen LogP contribution in [0.4, 0.5) is 5.69 Å². The molecule has 1 aromatic carbocycles. The molecule has 0 aliphatic heterocycles. The molecule has 3 N–H and O–H groups in total. The minimum atomic E-state index is 0.110. The van der Waals surface area contributed by atoms with Crippen LogP contribution < -0.4 is 5.73 Å². The van der Waals surface area contributed by atoms with Gasteiger partial charge in [-0.15, -0.1) is 0 Å². The van der Waals surface area contributed by atoms with Crippen molar-refractivity contribution in [3.05, 3.63) is 24.0 Å². The summed E-state index contributed by atoms with van der Waals surface area (Å²) in [6, 6.07) is 5.96. The summed E-state index contributed by atoms with van der Waals surface area (Å²) < 4.78 is 2.33. The Morgan fingerprint density at radius 1 is 1.37 bits per heavy atom. The van der Waals surface area contributed by atoms with E-state index in [1.807, 2.05) is 12.1 Å².